The van der Waals surface area contributed by atoms with Crippen molar-refractivity contribution < 1.29 is 9.53 Å². The highest BCUT2D eigenvalue weighted by Crippen LogP contribution is 2.25. The van der Waals surface area contributed by atoms with Gasteiger partial charge < -0.3 is 4.74 Å². The average molecular weight is 404 g/mol. The summed E-state index contributed by atoms with van der Waals surface area (Å²) in [4.78, 5) is 42.4. The third kappa shape index (κ3) is 4.32. The van der Waals surface area contributed by atoms with Crippen molar-refractivity contribution in [1.29, 1.82) is 0 Å². The lowest BCUT2D eigenvalue weighted by atomic mass is 9.89. The van der Waals surface area contributed by atoms with Crippen molar-refractivity contribution in [2.45, 2.75) is 52.1 Å². The zero-order valence-electron chi connectivity index (χ0n) is 16.1. The molecule has 8 heteroatoms. The van der Waals surface area contributed by atoms with Crippen LogP contribution in [0.25, 0.3) is 10.6 Å². The van der Waals surface area contributed by atoms with Crippen LogP contribution in [0.4, 0.5) is 0 Å². The fourth-order valence-corrected chi connectivity index (χ4v) is 4.37. The summed E-state index contributed by atoms with van der Waals surface area (Å²) in [6.07, 6.45) is 10.1. The van der Waals surface area contributed by atoms with Gasteiger partial charge in [0, 0.05) is 19.3 Å². The van der Waals surface area contributed by atoms with Crippen LogP contribution in [0.5, 0.6) is 0 Å². The predicted octanol–water partition coefficient (Wildman–Crippen LogP) is 3.08. The van der Waals surface area contributed by atoms with Gasteiger partial charge in [-0.25, -0.2) is 14.6 Å². The Kier molecular flexibility index (Phi) is 6.61. The van der Waals surface area contributed by atoms with Crippen LogP contribution in [0.2, 0.25) is 0 Å². The minimum absolute atomic E-state index is 0.268. The monoisotopic (exact) mass is 403 g/mol. The van der Waals surface area contributed by atoms with Gasteiger partial charge in [0.1, 0.15) is 9.88 Å². The number of carbonyl (C=O) groups excluding carboxylic acids is 1. The summed E-state index contributed by atoms with van der Waals surface area (Å²) in [5.74, 6) is -0.133. The molecule has 0 N–H and O–H groups in total. The number of allylic oxidation sites excluding steroid dienone is 1. The molecule has 7 nitrogen and oxygen atoms in total. The second-order valence-electron chi connectivity index (χ2n) is 6.94. The van der Waals surface area contributed by atoms with Gasteiger partial charge in [-0.1, -0.05) is 25.3 Å². The molecular weight excluding hydrogens is 378 g/mol. The van der Waals surface area contributed by atoms with E-state index in [2.05, 4.69) is 11.6 Å². The normalized spacial score (nSPS) is 14.8. The maximum atomic E-state index is 13.1. The lowest BCUT2D eigenvalue weighted by Crippen LogP contribution is -2.42. The summed E-state index contributed by atoms with van der Waals surface area (Å²) in [5, 5.41) is 0.406. The second-order valence-corrected chi connectivity index (χ2v) is 7.97. The standard InChI is InChI=1S/C20H25N3O4S/c1-3-10-22-13-15(17-21-11-16(28-17)19(25)27-4-2)18(24)23(20(22)26)12-14-8-6-5-7-9-14/h3,11,13-14H,1,4-10,12H2,2H3. The molecule has 28 heavy (non-hydrogen) atoms. The molecule has 1 aliphatic rings. The van der Waals surface area contributed by atoms with Crippen LogP contribution in [0.15, 0.2) is 34.6 Å². The van der Waals surface area contributed by atoms with Gasteiger partial charge >= 0.3 is 11.7 Å². The molecule has 2 aromatic rings. The lowest BCUT2D eigenvalue weighted by Gasteiger charge is -2.22. The molecule has 0 spiro atoms. The largest absolute Gasteiger partial charge is 0.462 e. The zero-order chi connectivity index (χ0) is 20.1. The number of ether oxygens (including phenoxy) is 1. The number of esters is 1. The Morgan fingerprint density at radius 2 is 2.11 bits per heavy atom. The average Bonchev–Trinajstić information content (AvgIpc) is 3.18. The first-order chi connectivity index (χ1) is 13.5. The van der Waals surface area contributed by atoms with Gasteiger partial charge in [0.05, 0.1) is 18.4 Å². The number of aromatic nitrogens is 3. The molecule has 1 aliphatic carbocycles. The van der Waals surface area contributed by atoms with E-state index in [0.29, 0.717) is 34.5 Å². The van der Waals surface area contributed by atoms with Crippen molar-refractivity contribution in [2.75, 3.05) is 6.61 Å². The topological polar surface area (TPSA) is 83.2 Å². The smallest absolute Gasteiger partial charge is 0.349 e. The molecule has 0 aromatic carbocycles. The molecule has 0 saturated heterocycles. The SMILES string of the molecule is C=CCn1cc(-c2ncc(C(=O)OCC)s2)c(=O)n(CC2CCCCC2)c1=O. The van der Waals surface area contributed by atoms with Crippen LogP contribution in [0.1, 0.15) is 48.7 Å². The van der Waals surface area contributed by atoms with Crippen molar-refractivity contribution in [1.82, 2.24) is 14.1 Å². The van der Waals surface area contributed by atoms with Crippen LogP contribution in [0, 0.1) is 5.92 Å². The molecule has 0 aliphatic heterocycles. The van der Waals surface area contributed by atoms with E-state index < -0.39 is 5.97 Å². The van der Waals surface area contributed by atoms with Crippen LogP contribution in [0.3, 0.4) is 0 Å². The molecule has 0 atom stereocenters. The van der Waals surface area contributed by atoms with E-state index in [1.54, 1.807) is 13.0 Å². The maximum absolute atomic E-state index is 13.1. The van der Waals surface area contributed by atoms with E-state index in [0.717, 1.165) is 37.0 Å². The summed E-state index contributed by atoms with van der Waals surface area (Å²) in [6.45, 7) is 6.41. The fraction of sp³-hybridized carbons (Fsp3) is 0.500. The number of carbonyl (C=O) groups is 1. The van der Waals surface area contributed by atoms with Crippen LogP contribution >= 0.6 is 11.3 Å². The molecule has 0 amide bonds. The van der Waals surface area contributed by atoms with Crippen LogP contribution < -0.4 is 11.2 Å². The van der Waals surface area contributed by atoms with Crippen molar-refractivity contribution in [3.8, 4) is 10.6 Å². The fourth-order valence-electron chi connectivity index (χ4n) is 3.55. The van der Waals surface area contributed by atoms with Gasteiger partial charge in [0.25, 0.3) is 5.56 Å². The Labute approximate surface area is 167 Å². The van der Waals surface area contributed by atoms with Crippen LogP contribution in [-0.2, 0) is 17.8 Å². The number of thiazole rings is 1. The molecular formula is C20H25N3O4S. The van der Waals surface area contributed by atoms with Crippen molar-refractivity contribution >= 4 is 17.3 Å². The Hall–Kier alpha value is -2.48. The van der Waals surface area contributed by atoms with Crippen LogP contribution in [-0.4, -0.2) is 26.7 Å². The van der Waals surface area contributed by atoms with Crippen molar-refractivity contribution in [2.24, 2.45) is 5.92 Å². The number of nitrogens with zero attached hydrogens (tertiary/aromatic N) is 3. The number of hydrogen-bond donors (Lipinski definition) is 0. The van der Waals surface area contributed by atoms with Gasteiger partial charge in [-0.3, -0.25) is 13.9 Å². The molecule has 0 bridgehead atoms. The first-order valence-electron chi connectivity index (χ1n) is 9.63. The third-order valence-corrected chi connectivity index (χ3v) is 5.95. The highest BCUT2D eigenvalue weighted by Gasteiger charge is 2.21. The predicted molar refractivity (Wildman–Crippen MR) is 109 cm³/mol. The van der Waals surface area contributed by atoms with E-state index in [1.807, 2.05) is 0 Å². The minimum atomic E-state index is -0.465. The van der Waals surface area contributed by atoms with Gasteiger partial charge in [0.2, 0.25) is 0 Å². The Bertz CT molecular complexity index is 967. The van der Waals surface area contributed by atoms with E-state index in [1.165, 1.54) is 27.9 Å². The molecule has 150 valence electrons. The lowest BCUT2D eigenvalue weighted by molar-refractivity contribution is 0.0532. The molecule has 0 radical (unpaired) electrons. The summed E-state index contributed by atoms with van der Waals surface area (Å²) >= 11 is 1.10. The summed E-state index contributed by atoms with van der Waals surface area (Å²) in [5.41, 5.74) is -0.375. The quantitative estimate of drug-likeness (QED) is 0.524. The van der Waals surface area contributed by atoms with Gasteiger partial charge in [-0.05, 0) is 25.7 Å². The highest BCUT2D eigenvalue weighted by atomic mass is 32.1. The van der Waals surface area contributed by atoms with Gasteiger partial charge in [0.15, 0.2) is 0 Å². The first kappa shape index (κ1) is 20.3. The van der Waals surface area contributed by atoms with E-state index >= 15 is 0 Å². The molecule has 2 heterocycles. The second kappa shape index (κ2) is 9.14. The molecule has 3 rings (SSSR count). The minimum Gasteiger partial charge on any atom is -0.462 e. The first-order valence-corrected chi connectivity index (χ1v) is 10.4. The van der Waals surface area contributed by atoms with E-state index in [-0.39, 0.29) is 17.9 Å². The van der Waals surface area contributed by atoms with Crippen molar-refractivity contribution in [3.63, 3.8) is 0 Å². The maximum Gasteiger partial charge on any atom is 0.349 e. The Morgan fingerprint density at radius 1 is 1.36 bits per heavy atom. The molecule has 1 fully saturated rings. The van der Waals surface area contributed by atoms with Gasteiger partial charge in [-0.2, -0.15) is 0 Å². The molecule has 2 aromatic heterocycles. The Morgan fingerprint density at radius 3 is 2.79 bits per heavy atom. The third-order valence-electron chi connectivity index (χ3n) is 4.94. The summed E-state index contributed by atoms with van der Waals surface area (Å²) in [6, 6.07) is 0. The van der Waals surface area contributed by atoms with Crippen molar-refractivity contribution in [3.05, 3.63) is 50.8 Å². The Balaban J connectivity index is 2.03. The summed E-state index contributed by atoms with van der Waals surface area (Å²) in [7, 11) is 0. The van der Waals surface area contributed by atoms with E-state index in [4.69, 9.17) is 4.74 Å². The highest BCUT2D eigenvalue weighted by molar-refractivity contribution is 7.16. The van der Waals surface area contributed by atoms with E-state index in [9.17, 15) is 14.4 Å². The zero-order valence-corrected chi connectivity index (χ0v) is 16.9. The van der Waals surface area contributed by atoms with Gasteiger partial charge in [-0.15, -0.1) is 17.9 Å². The summed E-state index contributed by atoms with van der Waals surface area (Å²) < 4.78 is 7.78. The molecule has 1 saturated carbocycles. The number of rotatable bonds is 7. The number of hydrogen-bond acceptors (Lipinski definition) is 6. The molecule has 0 unspecified atom stereocenters.